The Bertz CT molecular complexity index is 2790. The highest BCUT2D eigenvalue weighted by atomic mass is 32.1. The molecule has 234 valence electrons. The summed E-state index contributed by atoms with van der Waals surface area (Å²) in [5, 5.41) is 4.72. The lowest BCUT2D eigenvalue weighted by Gasteiger charge is -2.12. The van der Waals surface area contributed by atoms with Crippen LogP contribution in [-0.2, 0) is 0 Å². The Kier molecular flexibility index (Phi) is 6.60. The van der Waals surface area contributed by atoms with E-state index in [0.29, 0.717) is 17.5 Å². The second-order valence-electron chi connectivity index (χ2n) is 12.2. The number of rotatable bonds is 5. The van der Waals surface area contributed by atoms with E-state index >= 15 is 0 Å². The van der Waals surface area contributed by atoms with Crippen molar-refractivity contribution in [3.8, 4) is 51.1 Å². The summed E-state index contributed by atoms with van der Waals surface area (Å²) in [6.45, 7) is 0. The molecule has 4 heterocycles. The van der Waals surface area contributed by atoms with Crippen LogP contribution in [0.15, 0.2) is 164 Å². The summed E-state index contributed by atoms with van der Waals surface area (Å²) >= 11 is 1.81. The predicted molar refractivity (Wildman–Crippen MR) is 207 cm³/mol. The van der Waals surface area contributed by atoms with Gasteiger partial charge >= 0.3 is 0 Å². The van der Waals surface area contributed by atoms with Gasteiger partial charge in [-0.1, -0.05) is 140 Å². The molecule has 0 N–H and O–H groups in total. The Morgan fingerprint density at radius 1 is 0.420 bits per heavy atom. The van der Waals surface area contributed by atoms with Gasteiger partial charge in [-0.3, -0.25) is 0 Å². The largest absolute Gasteiger partial charge is 0.301 e. The van der Waals surface area contributed by atoms with E-state index in [4.69, 9.17) is 19.9 Å². The van der Waals surface area contributed by atoms with E-state index in [1.165, 1.54) is 26.5 Å². The van der Waals surface area contributed by atoms with Crippen LogP contribution in [-0.4, -0.2) is 24.5 Å². The number of thiophene rings is 1. The highest BCUT2D eigenvalue weighted by Crippen LogP contribution is 2.48. The molecule has 0 aliphatic heterocycles. The number of para-hydroxylation sites is 3. The monoisotopic (exact) mass is 657 g/mol. The van der Waals surface area contributed by atoms with Crippen molar-refractivity contribution in [3.05, 3.63) is 164 Å². The Hall–Kier alpha value is -6.50. The molecule has 0 bridgehead atoms. The molecule has 5 nitrogen and oxygen atoms in total. The topological polar surface area (TPSA) is 56.5 Å². The van der Waals surface area contributed by atoms with Crippen LogP contribution in [0, 0.1) is 0 Å². The molecule has 0 atom stereocenters. The number of nitrogens with zero attached hydrogens (tertiary/aromatic N) is 5. The van der Waals surface area contributed by atoms with E-state index in [2.05, 4.69) is 108 Å². The molecule has 0 saturated heterocycles. The van der Waals surface area contributed by atoms with Gasteiger partial charge in [0, 0.05) is 49.5 Å². The molecule has 0 amide bonds. The molecule has 6 aromatic carbocycles. The lowest BCUT2D eigenvalue weighted by molar-refractivity contribution is 1.07. The van der Waals surface area contributed by atoms with Gasteiger partial charge in [-0.05, 0) is 24.3 Å². The Morgan fingerprint density at radius 2 is 0.960 bits per heavy atom. The van der Waals surface area contributed by atoms with Gasteiger partial charge in [0.25, 0.3) is 0 Å². The predicted octanol–water partition coefficient (Wildman–Crippen LogP) is 11.4. The molecule has 0 saturated carbocycles. The van der Waals surface area contributed by atoms with Crippen molar-refractivity contribution in [2.45, 2.75) is 0 Å². The third kappa shape index (κ3) is 4.54. The van der Waals surface area contributed by atoms with Gasteiger partial charge in [-0.25, -0.2) is 19.9 Å². The maximum atomic E-state index is 5.51. The fourth-order valence-corrected chi connectivity index (χ4v) is 8.38. The molecule has 10 rings (SSSR count). The van der Waals surface area contributed by atoms with Crippen molar-refractivity contribution in [2.24, 2.45) is 0 Å². The molecule has 50 heavy (non-hydrogen) atoms. The average Bonchev–Trinajstić information content (AvgIpc) is 3.74. The van der Waals surface area contributed by atoms with Crippen molar-refractivity contribution in [1.29, 1.82) is 0 Å². The Labute approximate surface area is 291 Å². The molecule has 0 unspecified atom stereocenters. The summed E-state index contributed by atoms with van der Waals surface area (Å²) in [6, 6.07) is 56.4. The minimum Gasteiger partial charge on any atom is -0.301 e. The molecular weight excluding hydrogens is 631 g/mol. The zero-order valence-corrected chi connectivity index (χ0v) is 27.5. The van der Waals surface area contributed by atoms with Crippen LogP contribution in [0.25, 0.3) is 93.2 Å². The lowest BCUT2D eigenvalue weighted by Crippen LogP contribution is -2.01. The fraction of sp³-hybridized carbons (Fsp3) is 0. The second kappa shape index (κ2) is 11.6. The van der Waals surface area contributed by atoms with Gasteiger partial charge in [0.05, 0.1) is 21.4 Å². The molecular formula is C44H27N5S. The van der Waals surface area contributed by atoms with E-state index < -0.39 is 0 Å². The number of benzene rings is 6. The van der Waals surface area contributed by atoms with Crippen LogP contribution in [0.1, 0.15) is 0 Å². The Morgan fingerprint density at radius 3 is 1.62 bits per heavy atom. The quantitative estimate of drug-likeness (QED) is 0.185. The molecule has 0 radical (unpaired) electrons. The van der Waals surface area contributed by atoms with E-state index in [0.717, 1.165) is 49.2 Å². The van der Waals surface area contributed by atoms with Crippen LogP contribution in [0.5, 0.6) is 0 Å². The van der Waals surface area contributed by atoms with E-state index in [1.807, 2.05) is 60.7 Å². The molecule has 6 heteroatoms. The summed E-state index contributed by atoms with van der Waals surface area (Å²) in [4.78, 5) is 21.9. The van der Waals surface area contributed by atoms with Crippen molar-refractivity contribution in [2.75, 3.05) is 0 Å². The van der Waals surface area contributed by atoms with Crippen molar-refractivity contribution < 1.29 is 0 Å². The summed E-state index contributed by atoms with van der Waals surface area (Å²) in [5.74, 6) is 1.84. The number of aromatic nitrogens is 5. The van der Waals surface area contributed by atoms with E-state index in [9.17, 15) is 0 Å². The second-order valence-corrected chi connectivity index (χ2v) is 13.2. The highest BCUT2D eigenvalue weighted by Gasteiger charge is 2.24. The molecule has 10 aromatic rings. The first-order valence-corrected chi connectivity index (χ1v) is 17.4. The first kappa shape index (κ1) is 28.5. The maximum Gasteiger partial charge on any atom is 0.166 e. The van der Waals surface area contributed by atoms with Crippen LogP contribution in [0.4, 0.5) is 0 Å². The zero-order chi connectivity index (χ0) is 33.0. The first-order chi connectivity index (χ1) is 24.8. The van der Waals surface area contributed by atoms with Gasteiger partial charge in [0.15, 0.2) is 17.5 Å². The minimum atomic E-state index is 0.590. The minimum absolute atomic E-state index is 0.590. The van der Waals surface area contributed by atoms with Crippen LogP contribution >= 0.6 is 11.3 Å². The zero-order valence-electron chi connectivity index (χ0n) is 26.7. The molecule has 0 aliphatic carbocycles. The van der Waals surface area contributed by atoms with Gasteiger partial charge in [-0.15, -0.1) is 11.3 Å². The molecule has 4 aromatic heterocycles. The number of fused-ring (bicyclic) bond motifs is 7. The molecule has 0 spiro atoms. The number of hydrogen-bond donors (Lipinski definition) is 0. The standard InChI is InChI=1S/C44H27N5S/c1-5-16-28(17-6-1)38-40-36(37-32-24-13-14-27-35(32)49(44(37)50-40)31-22-11-4-12-23-31)33-25-15-26-34(39(33)45-38)43-47-41(29-18-7-2-8-19-29)46-42(48-43)30-20-9-3-10-21-30/h1-27H. The molecule has 0 aliphatic rings. The fourth-order valence-electron chi connectivity index (χ4n) is 7.00. The summed E-state index contributed by atoms with van der Waals surface area (Å²) in [6.07, 6.45) is 0. The van der Waals surface area contributed by atoms with Crippen LogP contribution in [0.3, 0.4) is 0 Å². The SMILES string of the molecule is c1ccc(-c2nc(-c3ccccc3)nc(-c3cccc4c3nc(-c3ccccc3)c3sc5c(c6ccccc6n5-c5ccccc5)c34)n2)cc1. The van der Waals surface area contributed by atoms with E-state index in [-0.39, 0.29) is 0 Å². The van der Waals surface area contributed by atoms with Crippen LogP contribution in [0.2, 0.25) is 0 Å². The van der Waals surface area contributed by atoms with E-state index in [1.54, 1.807) is 11.3 Å². The van der Waals surface area contributed by atoms with Gasteiger partial charge in [0.1, 0.15) is 4.83 Å². The van der Waals surface area contributed by atoms with Gasteiger partial charge in [0.2, 0.25) is 0 Å². The summed E-state index contributed by atoms with van der Waals surface area (Å²) < 4.78 is 3.55. The normalized spacial score (nSPS) is 11.6. The smallest absolute Gasteiger partial charge is 0.166 e. The maximum absolute atomic E-state index is 5.51. The molecule has 0 fully saturated rings. The lowest BCUT2D eigenvalue weighted by atomic mass is 10.0. The first-order valence-electron chi connectivity index (χ1n) is 16.6. The van der Waals surface area contributed by atoms with Crippen LogP contribution < -0.4 is 0 Å². The van der Waals surface area contributed by atoms with Crippen molar-refractivity contribution in [3.63, 3.8) is 0 Å². The third-order valence-electron chi connectivity index (χ3n) is 9.25. The van der Waals surface area contributed by atoms with Crippen molar-refractivity contribution >= 4 is 53.4 Å². The van der Waals surface area contributed by atoms with Gasteiger partial charge in [-0.2, -0.15) is 0 Å². The number of pyridine rings is 1. The average molecular weight is 658 g/mol. The number of hydrogen-bond acceptors (Lipinski definition) is 5. The Balaban J connectivity index is 1.34. The third-order valence-corrected chi connectivity index (χ3v) is 10.4. The summed E-state index contributed by atoms with van der Waals surface area (Å²) in [7, 11) is 0. The highest BCUT2D eigenvalue weighted by molar-refractivity contribution is 7.26. The summed E-state index contributed by atoms with van der Waals surface area (Å²) in [5.41, 5.74) is 7.93. The van der Waals surface area contributed by atoms with Gasteiger partial charge < -0.3 is 4.57 Å². The van der Waals surface area contributed by atoms with Crippen molar-refractivity contribution in [1.82, 2.24) is 24.5 Å².